The molecule has 0 bridgehead atoms. The Morgan fingerprint density at radius 1 is 1.39 bits per heavy atom. The molecular weight excluding hydrogens is 230 g/mol. The lowest BCUT2D eigenvalue weighted by molar-refractivity contribution is -0.0177. The second kappa shape index (κ2) is 4.82. The molecule has 3 rings (SSSR count). The maximum atomic E-state index is 5.98. The summed E-state index contributed by atoms with van der Waals surface area (Å²) < 4.78 is 11.4. The lowest BCUT2D eigenvalue weighted by Crippen LogP contribution is -2.44. The fraction of sp³-hybridized carbons (Fsp3) is 0.692. The Kier molecular flexibility index (Phi) is 3.18. The number of nitrogens with zero attached hydrogens (tertiary/aromatic N) is 3. The van der Waals surface area contributed by atoms with Gasteiger partial charge in [-0.05, 0) is 12.8 Å². The molecule has 1 unspecified atom stereocenters. The molecule has 1 atom stereocenters. The van der Waals surface area contributed by atoms with E-state index >= 15 is 0 Å². The normalized spacial score (nSPS) is 26.7. The Bertz CT molecular complexity index is 390. The van der Waals surface area contributed by atoms with Crippen molar-refractivity contribution in [3.05, 3.63) is 18.6 Å². The van der Waals surface area contributed by atoms with E-state index in [1.54, 1.807) is 19.5 Å². The van der Waals surface area contributed by atoms with Crippen LogP contribution in [0.4, 0.5) is 5.82 Å². The van der Waals surface area contributed by atoms with Gasteiger partial charge in [-0.1, -0.05) is 0 Å². The average Bonchev–Trinajstić information content (AvgIpc) is 2.84. The molecule has 0 radical (unpaired) electrons. The van der Waals surface area contributed by atoms with Gasteiger partial charge in [-0.2, -0.15) is 0 Å². The van der Waals surface area contributed by atoms with E-state index in [0.717, 1.165) is 44.8 Å². The molecule has 5 nitrogen and oxygen atoms in total. The first-order chi connectivity index (χ1) is 8.81. The summed E-state index contributed by atoms with van der Waals surface area (Å²) >= 11 is 0. The number of hydrogen-bond donors (Lipinski definition) is 0. The molecule has 5 heteroatoms. The zero-order chi connectivity index (χ0) is 12.4. The molecule has 0 aromatic carbocycles. The third-order valence-corrected chi connectivity index (χ3v) is 4.06. The summed E-state index contributed by atoms with van der Waals surface area (Å²) in [5.41, 5.74) is 0.0411. The fourth-order valence-corrected chi connectivity index (χ4v) is 2.90. The highest BCUT2D eigenvalue weighted by Gasteiger charge is 2.42. The molecule has 2 aliphatic rings. The highest BCUT2D eigenvalue weighted by molar-refractivity contribution is 5.36. The lowest BCUT2D eigenvalue weighted by Gasteiger charge is -2.38. The zero-order valence-corrected chi connectivity index (χ0v) is 10.7. The van der Waals surface area contributed by atoms with Crippen LogP contribution in [0.1, 0.15) is 19.3 Å². The van der Waals surface area contributed by atoms with Gasteiger partial charge < -0.3 is 14.4 Å². The Hall–Kier alpha value is -1.20. The fourth-order valence-electron chi connectivity index (χ4n) is 2.90. The van der Waals surface area contributed by atoms with Gasteiger partial charge in [0.2, 0.25) is 0 Å². The van der Waals surface area contributed by atoms with E-state index in [1.165, 1.54) is 0 Å². The number of ether oxygens (including phenoxy) is 2. The smallest absolute Gasteiger partial charge is 0.147 e. The Morgan fingerprint density at radius 2 is 2.22 bits per heavy atom. The van der Waals surface area contributed by atoms with E-state index in [9.17, 15) is 0 Å². The first-order valence-electron chi connectivity index (χ1n) is 6.49. The largest absolute Gasteiger partial charge is 0.379 e. The molecular formula is C13H19N3O2. The molecule has 98 valence electrons. The van der Waals surface area contributed by atoms with Gasteiger partial charge in [0, 0.05) is 39.0 Å². The number of piperidine rings is 1. The van der Waals surface area contributed by atoms with Crippen molar-refractivity contribution in [3.63, 3.8) is 0 Å². The number of methoxy groups -OCH3 is 1. The van der Waals surface area contributed by atoms with Crippen molar-refractivity contribution in [1.82, 2.24) is 9.97 Å². The lowest BCUT2D eigenvalue weighted by atomic mass is 9.88. The molecule has 0 amide bonds. The SMILES string of the molecule is COC1COC2(CCN(c3cnccn3)CC2)C1. The standard InChI is InChI=1S/C13H19N3O2/c1-17-11-8-13(18-10-11)2-6-16(7-3-13)12-9-14-4-5-15-12/h4-5,9,11H,2-3,6-8,10H2,1H3. The molecule has 1 spiro atoms. The van der Waals surface area contributed by atoms with Crippen LogP contribution in [-0.4, -0.2) is 48.5 Å². The molecule has 2 saturated heterocycles. The minimum absolute atomic E-state index is 0.0411. The summed E-state index contributed by atoms with van der Waals surface area (Å²) in [5.74, 6) is 0.966. The van der Waals surface area contributed by atoms with Crippen LogP contribution in [0, 0.1) is 0 Å². The number of aromatic nitrogens is 2. The van der Waals surface area contributed by atoms with Gasteiger partial charge in [0.1, 0.15) is 5.82 Å². The zero-order valence-electron chi connectivity index (χ0n) is 10.7. The Balaban J connectivity index is 1.62. The maximum Gasteiger partial charge on any atom is 0.147 e. The highest BCUT2D eigenvalue weighted by Crippen LogP contribution is 2.37. The van der Waals surface area contributed by atoms with E-state index in [-0.39, 0.29) is 11.7 Å². The minimum atomic E-state index is 0.0411. The van der Waals surface area contributed by atoms with Crippen molar-refractivity contribution in [2.45, 2.75) is 31.0 Å². The monoisotopic (exact) mass is 249 g/mol. The topological polar surface area (TPSA) is 47.5 Å². The van der Waals surface area contributed by atoms with Crippen molar-refractivity contribution in [2.75, 3.05) is 31.7 Å². The summed E-state index contributed by atoms with van der Waals surface area (Å²) in [6, 6.07) is 0. The van der Waals surface area contributed by atoms with Crippen molar-refractivity contribution in [2.24, 2.45) is 0 Å². The van der Waals surface area contributed by atoms with Crippen LogP contribution >= 0.6 is 0 Å². The predicted molar refractivity (Wildman–Crippen MR) is 67.6 cm³/mol. The van der Waals surface area contributed by atoms with Gasteiger partial charge >= 0.3 is 0 Å². The number of hydrogen-bond acceptors (Lipinski definition) is 5. The van der Waals surface area contributed by atoms with Gasteiger partial charge in [-0.3, -0.25) is 4.98 Å². The highest BCUT2D eigenvalue weighted by atomic mass is 16.6. The van der Waals surface area contributed by atoms with Gasteiger partial charge in [-0.25, -0.2) is 4.98 Å². The van der Waals surface area contributed by atoms with Gasteiger partial charge in [-0.15, -0.1) is 0 Å². The second-order valence-corrected chi connectivity index (χ2v) is 5.11. The summed E-state index contributed by atoms with van der Waals surface area (Å²) in [5, 5.41) is 0. The third kappa shape index (κ3) is 2.20. The van der Waals surface area contributed by atoms with Gasteiger partial charge in [0.05, 0.1) is 24.5 Å². The number of rotatable bonds is 2. The summed E-state index contributed by atoms with van der Waals surface area (Å²) in [4.78, 5) is 10.7. The summed E-state index contributed by atoms with van der Waals surface area (Å²) in [6.45, 7) is 2.70. The summed E-state index contributed by atoms with van der Waals surface area (Å²) in [6.07, 6.45) is 8.66. The second-order valence-electron chi connectivity index (χ2n) is 5.11. The molecule has 1 aromatic heterocycles. The first kappa shape index (κ1) is 11.9. The molecule has 0 N–H and O–H groups in total. The van der Waals surface area contributed by atoms with Crippen LogP contribution in [0.15, 0.2) is 18.6 Å². The van der Waals surface area contributed by atoms with Crippen molar-refractivity contribution in [3.8, 4) is 0 Å². The third-order valence-electron chi connectivity index (χ3n) is 4.06. The van der Waals surface area contributed by atoms with Crippen LogP contribution in [0.5, 0.6) is 0 Å². The summed E-state index contributed by atoms with van der Waals surface area (Å²) in [7, 11) is 1.77. The van der Waals surface area contributed by atoms with Gasteiger partial charge in [0.15, 0.2) is 0 Å². The first-order valence-corrected chi connectivity index (χ1v) is 6.49. The van der Waals surface area contributed by atoms with Crippen LogP contribution in [0.3, 0.4) is 0 Å². The van der Waals surface area contributed by atoms with E-state index in [2.05, 4.69) is 14.9 Å². The molecule has 3 heterocycles. The molecule has 1 aromatic rings. The molecule has 0 saturated carbocycles. The molecule has 2 fully saturated rings. The van der Waals surface area contributed by atoms with Crippen molar-refractivity contribution < 1.29 is 9.47 Å². The van der Waals surface area contributed by atoms with Gasteiger partial charge in [0.25, 0.3) is 0 Å². The minimum Gasteiger partial charge on any atom is -0.379 e. The molecule has 18 heavy (non-hydrogen) atoms. The van der Waals surface area contributed by atoms with Crippen LogP contribution < -0.4 is 4.90 Å². The maximum absolute atomic E-state index is 5.98. The number of anilines is 1. The predicted octanol–water partition coefficient (Wildman–Crippen LogP) is 1.25. The van der Waals surface area contributed by atoms with Crippen LogP contribution in [-0.2, 0) is 9.47 Å². The van der Waals surface area contributed by atoms with Crippen LogP contribution in [0.25, 0.3) is 0 Å². The Morgan fingerprint density at radius 3 is 2.83 bits per heavy atom. The van der Waals surface area contributed by atoms with Crippen molar-refractivity contribution in [1.29, 1.82) is 0 Å². The van der Waals surface area contributed by atoms with E-state index in [0.29, 0.717) is 0 Å². The van der Waals surface area contributed by atoms with E-state index in [1.807, 2.05) is 6.20 Å². The van der Waals surface area contributed by atoms with Crippen LogP contribution in [0.2, 0.25) is 0 Å². The molecule has 0 aliphatic carbocycles. The van der Waals surface area contributed by atoms with E-state index in [4.69, 9.17) is 9.47 Å². The molecule has 2 aliphatic heterocycles. The average molecular weight is 249 g/mol. The quantitative estimate of drug-likeness (QED) is 0.789. The van der Waals surface area contributed by atoms with Crippen molar-refractivity contribution >= 4 is 5.82 Å². The Labute approximate surface area is 107 Å². The van der Waals surface area contributed by atoms with E-state index < -0.39 is 0 Å².